The number of aromatic amines is 1. The summed E-state index contributed by atoms with van der Waals surface area (Å²) < 4.78 is 4.64. The number of imidazole rings is 1. The molecule has 0 saturated heterocycles. The number of nitrogens with zero attached hydrogens (tertiary/aromatic N) is 1. The molecule has 2 heterocycles. The van der Waals surface area contributed by atoms with Gasteiger partial charge in [0.05, 0.1) is 30.7 Å². The van der Waals surface area contributed by atoms with Crippen molar-refractivity contribution in [3.8, 4) is 11.3 Å². The molecule has 2 bridgehead atoms. The molecule has 1 atom stereocenters. The van der Waals surface area contributed by atoms with Crippen molar-refractivity contribution in [2.24, 2.45) is 5.73 Å². The second kappa shape index (κ2) is 10.7. The lowest BCUT2D eigenvalue weighted by molar-refractivity contribution is -0.116. The SMILES string of the molecule is COC(=O)Nc1ccc2c(c1)NC(=O)CCCC[C@H](NC(=O)c1ccc(C(=N)N)cc1)c1ncc-2[nH]1. The van der Waals surface area contributed by atoms with E-state index in [1.165, 1.54) is 7.11 Å². The van der Waals surface area contributed by atoms with Gasteiger partial charge in [0.15, 0.2) is 0 Å². The van der Waals surface area contributed by atoms with E-state index in [1.54, 1.807) is 48.7 Å². The van der Waals surface area contributed by atoms with Gasteiger partial charge in [-0.1, -0.05) is 18.6 Å². The zero-order chi connectivity index (χ0) is 25.7. The maximum atomic E-state index is 12.9. The van der Waals surface area contributed by atoms with Crippen molar-refractivity contribution >= 4 is 35.1 Å². The fourth-order valence-electron chi connectivity index (χ4n) is 3.95. The van der Waals surface area contributed by atoms with Gasteiger partial charge in [0, 0.05) is 28.8 Å². The molecule has 0 unspecified atom stereocenters. The molecule has 0 saturated carbocycles. The first-order valence-corrected chi connectivity index (χ1v) is 11.4. The molecule has 11 nitrogen and oxygen atoms in total. The number of carbonyl (C=O) groups is 3. The normalized spacial score (nSPS) is 15.4. The number of aromatic nitrogens is 2. The number of ether oxygens (including phenoxy) is 1. The lowest BCUT2D eigenvalue weighted by Gasteiger charge is -2.18. The van der Waals surface area contributed by atoms with E-state index in [9.17, 15) is 14.4 Å². The average Bonchev–Trinajstić information content (AvgIpc) is 3.35. The minimum Gasteiger partial charge on any atom is -0.453 e. The molecule has 4 rings (SSSR count). The molecule has 1 aliphatic rings. The summed E-state index contributed by atoms with van der Waals surface area (Å²) in [6, 6.07) is 11.2. The molecule has 186 valence electrons. The fourth-order valence-corrected chi connectivity index (χ4v) is 3.95. The third-order valence-electron chi connectivity index (χ3n) is 5.85. The Morgan fingerprint density at radius 3 is 2.61 bits per heavy atom. The second-order valence-corrected chi connectivity index (χ2v) is 8.37. The molecule has 3 aromatic rings. The van der Waals surface area contributed by atoms with Crippen molar-refractivity contribution in [2.45, 2.75) is 31.7 Å². The van der Waals surface area contributed by atoms with Gasteiger partial charge in [0.1, 0.15) is 11.7 Å². The molecule has 1 aromatic heterocycles. The molecule has 1 aliphatic heterocycles. The standard InChI is InChI=1S/C25H27N7O4/c1-36-25(35)29-16-10-11-17-19(12-16)30-21(33)5-3-2-4-18(23-28-13-20(17)31-23)32-24(34)15-8-6-14(7-9-15)22(26)27/h6-13,18H,2-5H2,1H3,(H3,26,27)(H,28,31)(H,29,35)(H,30,33)(H,32,34)/t18-/m0/s1. The van der Waals surface area contributed by atoms with Crippen molar-refractivity contribution in [2.75, 3.05) is 17.7 Å². The predicted molar refractivity (Wildman–Crippen MR) is 135 cm³/mol. The number of amidine groups is 1. The molecule has 2 aromatic carbocycles. The first-order chi connectivity index (χ1) is 17.3. The number of nitrogen functional groups attached to an aromatic ring is 1. The summed E-state index contributed by atoms with van der Waals surface area (Å²) in [5, 5.41) is 16.0. The highest BCUT2D eigenvalue weighted by Gasteiger charge is 2.21. The van der Waals surface area contributed by atoms with Crippen molar-refractivity contribution in [3.63, 3.8) is 0 Å². The summed E-state index contributed by atoms with van der Waals surface area (Å²) in [4.78, 5) is 44.9. The molecule has 7 N–H and O–H groups in total. The van der Waals surface area contributed by atoms with Crippen LogP contribution < -0.4 is 21.7 Å². The van der Waals surface area contributed by atoms with Crippen LogP contribution in [-0.2, 0) is 9.53 Å². The minimum absolute atomic E-state index is 0.0677. The van der Waals surface area contributed by atoms with Crippen LogP contribution in [0.3, 0.4) is 0 Å². The Morgan fingerprint density at radius 1 is 1.14 bits per heavy atom. The lowest BCUT2D eigenvalue weighted by atomic mass is 10.0. The third kappa shape index (κ3) is 5.69. The topological polar surface area (TPSA) is 175 Å². The van der Waals surface area contributed by atoms with Crippen molar-refractivity contribution in [1.29, 1.82) is 5.41 Å². The number of methoxy groups -OCH3 is 1. The summed E-state index contributed by atoms with van der Waals surface area (Å²) in [5.41, 5.74) is 8.78. The molecular weight excluding hydrogens is 462 g/mol. The van der Waals surface area contributed by atoms with Gasteiger partial charge in [-0.2, -0.15) is 0 Å². The smallest absolute Gasteiger partial charge is 0.411 e. The van der Waals surface area contributed by atoms with Crippen LogP contribution in [0, 0.1) is 5.41 Å². The Hall–Kier alpha value is -4.67. The summed E-state index contributed by atoms with van der Waals surface area (Å²) in [6.07, 6.45) is 3.23. The molecule has 0 fully saturated rings. The van der Waals surface area contributed by atoms with Crippen LogP contribution in [0.5, 0.6) is 0 Å². The summed E-state index contributed by atoms with van der Waals surface area (Å²) in [5.74, 6) is 0.0879. The summed E-state index contributed by atoms with van der Waals surface area (Å²) in [7, 11) is 1.27. The number of carbonyl (C=O) groups excluding carboxylic acids is 3. The molecule has 11 heteroatoms. The average molecular weight is 490 g/mol. The Kier molecular flexibility index (Phi) is 7.28. The monoisotopic (exact) mass is 489 g/mol. The van der Waals surface area contributed by atoms with Gasteiger partial charge in [0.2, 0.25) is 5.91 Å². The molecule has 3 amide bonds. The number of nitrogens with one attached hydrogen (secondary N) is 5. The maximum absolute atomic E-state index is 12.9. The van der Waals surface area contributed by atoms with E-state index < -0.39 is 12.1 Å². The Morgan fingerprint density at radius 2 is 1.89 bits per heavy atom. The van der Waals surface area contributed by atoms with E-state index in [0.29, 0.717) is 65.3 Å². The van der Waals surface area contributed by atoms with Gasteiger partial charge >= 0.3 is 6.09 Å². The molecular formula is C25H27N7O4. The quantitative estimate of drug-likeness (QED) is 0.241. The Balaban J connectivity index is 1.62. The van der Waals surface area contributed by atoms with Crippen LogP contribution in [0.2, 0.25) is 0 Å². The molecule has 0 spiro atoms. The van der Waals surface area contributed by atoms with Crippen molar-refractivity contribution in [3.05, 3.63) is 65.6 Å². The van der Waals surface area contributed by atoms with Crippen LogP contribution in [-0.4, -0.2) is 40.8 Å². The van der Waals surface area contributed by atoms with E-state index in [1.807, 2.05) is 0 Å². The van der Waals surface area contributed by atoms with Gasteiger partial charge < -0.3 is 26.1 Å². The minimum atomic E-state index is -0.618. The fraction of sp³-hybridized carbons (Fsp3) is 0.240. The number of H-pyrrole nitrogens is 1. The third-order valence-corrected chi connectivity index (χ3v) is 5.85. The van der Waals surface area contributed by atoms with E-state index in [0.717, 1.165) is 0 Å². The summed E-state index contributed by atoms with van der Waals surface area (Å²) in [6.45, 7) is 0. The zero-order valence-corrected chi connectivity index (χ0v) is 19.7. The van der Waals surface area contributed by atoms with Gasteiger partial charge in [-0.05, 0) is 43.2 Å². The van der Waals surface area contributed by atoms with E-state index in [2.05, 4.69) is 30.7 Å². The zero-order valence-electron chi connectivity index (χ0n) is 19.7. The predicted octanol–water partition coefficient (Wildman–Crippen LogP) is 3.52. The van der Waals surface area contributed by atoms with Crippen molar-refractivity contribution < 1.29 is 19.1 Å². The van der Waals surface area contributed by atoms with Crippen LogP contribution >= 0.6 is 0 Å². The highest BCUT2D eigenvalue weighted by atomic mass is 16.5. The molecule has 36 heavy (non-hydrogen) atoms. The van der Waals surface area contributed by atoms with Gasteiger partial charge in [0.25, 0.3) is 5.91 Å². The van der Waals surface area contributed by atoms with Crippen LogP contribution in [0.4, 0.5) is 16.2 Å². The van der Waals surface area contributed by atoms with Gasteiger partial charge in [-0.3, -0.25) is 20.3 Å². The first kappa shape index (κ1) is 24.5. The van der Waals surface area contributed by atoms with Crippen molar-refractivity contribution in [1.82, 2.24) is 15.3 Å². The number of fused-ring (bicyclic) bond motifs is 4. The Labute approximate surface area is 207 Å². The van der Waals surface area contributed by atoms with Gasteiger partial charge in [-0.15, -0.1) is 0 Å². The number of benzene rings is 2. The number of rotatable bonds is 4. The van der Waals surface area contributed by atoms with Gasteiger partial charge in [-0.25, -0.2) is 9.78 Å². The number of hydrogen-bond donors (Lipinski definition) is 6. The highest BCUT2D eigenvalue weighted by molar-refractivity contribution is 5.99. The van der Waals surface area contributed by atoms with Crippen LogP contribution in [0.25, 0.3) is 11.3 Å². The Bertz CT molecular complexity index is 1300. The number of amides is 3. The molecule has 0 radical (unpaired) electrons. The largest absolute Gasteiger partial charge is 0.453 e. The second-order valence-electron chi connectivity index (χ2n) is 8.37. The maximum Gasteiger partial charge on any atom is 0.411 e. The molecule has 0 aliphatic carbocycles. The van der Waals surface area contributed by atoms with E-state index in [4.69, 9.17) is 11.1 Å². The number of anilines is 2. The number of nitrogens with two attached hydrogens (primary N) is 1. The lowest BCUT2D eigenvalue weighted by Crippen LogP contribution is -2.29. The van der Waals surface area contributed by atoms with Crippen LogP contribution in [0.1, 0.15) is 53.5 Å². The highest BCUT2D eigenvalue weighted by Crippen LogP contribution is 2.32. The first-order valence-electron chi connectivity index (χ1n) is 11.4. The summed E-state index contributed by atoms with van der Waals surface area (Å²) >= 11 is 0. The van der Waals surface area contributed by atoms with Crippen LogP contribution in [0.15, 0.2) is 48.7 Å². The van der Waals surface area contributed by atoms with E-state index >= 15 is 0 Å². The number of hydrogen-bond acceptors (Lipinski definition) is 6. The van der Waals surface area contributed by atoms with E-state index in [-0.39, 0.29) is 17.6 Å².